The second kappa shape index (κ2) is 4.29. The lowest BCUT2D eigenvalue weighted by Crippen LogP contribution is -2.18. The maximum absolute atomic E-state index is 10.5. The van der Waals surface area contributed by atoms with Crippen LogP contribution in [0.3, 0.4) is 0 Å². The van der Waals surface area contributed by atoms with Crippen LogP contribution in [-0.2, 0) is 0 Å². The van der Waals surface area contributed by atoms with E-state index < -0.39 is 0 Å². The van der Waals surface area contributed by atoms with E-state index in [1.165, 1.54) is 6.07 Å². The molecular formula is C11H16N2O2. The predicted octanol–water partition coefficient (Wildman–Crippen LogP) is 3.05. The van der Waals surface area contributed by atoms with Crippen molar-refractivity contribution in [3.05, 3.63) is 34.4 Å². The molecule has 0 amide bonds. The maximum Gasteiger partial charge on any atom is 0.271 e. The lowest BCUT2D eigenvalue weighted by molar-refractivity contribution is -0.384. The van der Waals surface area contributed by atoms with Crippen LogP contribution in [0.25, 0.3) is 0 Å². The number of anilines is 1. The Morgan fingerprint density at radius 1 is 1.40 bits per heavy atom. The van der Waals surface area contributed by atoms with Gasteiger partial charge in [0.15, 0.2) is 0 Å². The van der Waals surface area contributed by atoms with Gasteiger partial charge >= 0.3 is 0 Å². The van der Waals surface area contributed by atoms with Gasteiger partial charge in [-0.3, -0.25) is 10.1 Å². The molecule has 1 aromatic carbocycles. The summed E-state index contributed by atoms with van der Waals surface area (Å²) in [7, 11) is 0. The van der Waals surface area contributed by atoms with E-state index in [9.17, 15) is 10.1 Å². The molecule has 15 heavy (non-hydrogen) atoms. The molecule has 0 spiro atoms. The highest BCUT2D eigenvalue weighted by Gasteiger charge is 2.10. The molecule has 0 aliphatic carbocycles. The average Bonchev–Trinajstić information content (AvgIpc) is 2.14. The van der Waals surface area contributed by atoms with E-state index in [1.54, 1.807) is 12.1 Å². The van der Waals surface area contributed by atoms with Gasteiger partial charge in [0.2, 0.25) is 0 Å². The highest BCUT2D eigenvalue weighted by molar-refractivity contribution is 5.50. The number of nitrogens with zero attached hydrogens (tertiary/aromatic N) is 1. The highest BCUT2D eigenvalue weighted by Crippen LogP contribution is 2.19. The topological polar surface area (TPSA) is 55.2 Å². The van der Waals surface area contributed by atoms with Crippen LogP contribution in [0.5, 0.6) is 0 Å². The zero-order chi connectivity index (χ0) is 11.5. The molecule has 1 N–H and O–H groups in total. The van der Waals surface area contributed by atoms with Crippen LogP contribution < -0.4 is 5.32 Å². The zero-order valence-corrected chi connectivity index (χ0v) is 9.28. The average molecular weight is 208 g/mol. The van der Waals surface area contributed by atoms with E-state index in [4.69, 9.17) is 0 Å². The summed E-state index contributed by atoms with van der Waals surface area (Å²) in [6.07, 6.45) is 0. The van der Waals surface area contributed by atoms with Gasteiger partial charge in [0.1, 0.15) is 0 Å². The minimum atomic E-state index is -0.387. The Bertz CT molecular complexity index is 356. The lowest BCUT2D eigenvalue weighted by atomic mass is 9.97. The first kappa shape index (κ1) is 11.5. The number of benzene rings is 1. The Morgan fingerprint density at radius 2 is 2.07 bits per heavy atom. The third-order valence-corrected chi connectivity index (χ3v) is 1.88. The maximum atomic E-state index is 10.5. The smallest absolute Gasteiger partial charge is 0.271 e. The third kappa shape index (κ3) is 3.97. The van der Waals surface area contributed by atoms with Crippen molar-refractivity contribution < 1.29 is 4.92 Å². The van der Waals surface area contributed by atoms with Gasteiger partial charge in [0.05, 0.1) is 4.92 Å². The van der Waals surface area contributed by atoms with Gasteiger partial charge in [-0.15, -0.1) is 0 Å². The summed E-state index contributed by atoms with van der Waals surface area (Å²) in [5.41, 5.74) is 1.07. The number of rotatable bonds is 3. The van der Waals surface area contributed by atoms with E-state index in [0.29, 0.717) is 0 Å². The molecule has 0 heterocycles. The minimum Gasteiger partial charge on any atom is -0.384 e. The molecule has 0 unspecified atom stereocenters. The molecule has 0 aliphatic heterocycles. The number of nitrogens with one attached hydrogen (secondary N) is 1. The number of hydrogen-bond donors (Lipinski definition) is 1. The molecule has 0 atom stereocenters. The molecule has 0 saturated carbocycles. The third-order valence-electron chi connectivity index (χ3n) is 1.88. The summed E-state index contributed by atoms with van der Waals surface area (Å²) in [5.74, 6) is 0. The fourth-order valence-corrected chi connectivity index (χ4v) is 1.10. The Hall–Kier alpha value is -1.58. The number of nitro benzene ring substituents is 1. The lowest BCUT2D eigenvalue weighted by Gasteiger charge is -2.19. The van der Waals surface area contributed by atoms with Crippen LogP contribution in [0.1, 0.15) is 20.8 Å². The highest BCUT2D eigenvalue weighted by atomic mass is 16.6. The van der Waals surface area contributed by atoms with Gasteiger partial charge in [-0.25, -0.2) is 0 Å². The Morgan fingerprint density at radius 3 is 2.60 bits per heavy atom. The van der Waals surface area contributed by atoms with Crippen molar-refractivity contribution in [3.63, 3.8) is 0 Å². The summed E-state index contributed by atoms with van der Waals surface area (Å²) in [5, 5.41) is 13.7. The van der Waals surface area contributed by atoms with Crippen LogP contribution in [0, 0.1) is 15.5 Å². The van der Waals surface area contributed by atoms with Crippen LogP contribution in [0.4, 0.5) is 11.4 Å². The largest absolute Gasteiger partial charge is 0.384 e. The molecule has 0 fully saturated rings. The van der Waals surface area contributed by atoms with E-state index >= 15 is 0 Å². The quantitative estimate of drug-likeness (QED) is 0.613. The van der Waals surface area contributed by atoms with E-state index in [0.717, 1.165) is 12.2 Å². The Kier molecular flexibility index (Phi) is 3.29. The monoisotopic (exact) mass is 208 g/mol. The summed E-state index contributed by atoms with van der Waals surface area (Å²) in [4.78, 5) is 10.1. The van der Waals surface area contributed by atoms with E-state index in [-0.39, 0.29) is 16.0 Å². The molecule has 0 aromatic heterocycles. The second-order valence-corrected chi connectivity index (χ2v) is 4.72. The summed E-state index contributed by atoms with van der Waals surface area (Å²) < 4.78 is 0. The number of nitro groups is 1. The summed E-state index contributed by atoms with van der Waals surface area (Å²) in [6, 6.07) is 6.55. The van der Waals surface area contributed by atoms with Crippen molar-refractivity contribution in [1.29, 1.82) is 0 Å². The van der Waals surface area contributed by atoms with Crippen molar-refractivity contribution in [3.8, 4) is 0 Å². The molecule has 1 aromatic rings. The van der Waals surface area contributed by atoms with E-state index in [1.807, 2.05) is 6.07 Å². The molecule has 0 saturated heterocycles. The molecule has 4 nitrogen and oxygen atoms in total. The number of non-ortho nitro benzene ring substituents is 1. The molecular weight excluding hydrogens is 192 g/mol. The zero-order valence-electron chi connectivity index (χ0n) is 9.28. The normalized spacial score (nSPS) is 11.1. The minimum absolute atomic E-state index is 0.119. The molecule has 82 valence electrons. The molecule has 0 bridgehead atoms. The first-order valence-electron chi connectivity index (χ1n) is 4.87. The van der Waals surface area contributed by atoms with Gasteiger partial charge in [0.25, 0.3) is 5.69 Å². The number of hydrogen-bond acceptors (Lipinski definition) is 3. The van der Waals surface area contributed by atoms with Crippen molar-refractivity contribution in [2.45, 2.75) is 20.8 Å². The summed E-state index contributed by atoms with van der Waals surface area (Å²) in [6.45, 7) is 7.11. The summed E-state index contributed by atoms with van der Waals surface area (Å²) >= 11 is 0. The van der Waals surface area contributed by atoms with Crippen molar-refractivity contribution in [1.82, 2.24) is 0 Å². The van der Waals surface area contributed by atoms with Crippen LogP contribution >= 0.6 is 0 Å². The van der Waals surface area contributed by atoms with Crippen LogP contribution in [0.15, 0.2) is 24.3 Å². The van der Waals surface area contributed by atoms with Crippen LogP contribution in [-0.4, -0.2) is 11.5 Å². The molecule has 4 heteroatoms. The fourth-order valence-electron chi connectivity index (χ4n) is 1.10. The van der Waals surface area contributed by atoms with Gasteiger partial charge in [-0.1, -0.05) is 26.8 Å². The standard InChI is InChI=1S/C11H16N2O2/c1-11(2,3)8-12-9-5-4-6-10(7-9)13(14)15/h4-7,12H,8H2,1-3H3. The van der Waals surface area contributed by atoms with Gasteiger partial charge in [-0.05, 0) is 11.5 Å². The molecule has 0 radical (unpaired) electrons. The van der Waals surface area contributed by atoms with Gasteiger partial charge < -0.3 is 5.32 Å². The predicted molar refractivity (Wildman–Crippen MR) is 61.0 cm³/mol. The first-order valence-corrected chi connectivity index (χ1v) is 4.87. The molecule has 0 aliphatic rings. The second-order valence-electron chi connectivity index (χ2n) is 4.72. The van der Waals surface area contributed by atoms with Crippen molar-refractivity contribution in [2.75, 3.05) is 11.9 Å². The van der Waals surface area contributed by atoms with Crippen LogP contribution in [0.2, 0.25) is 0 Å². The Balaban J connectivity index is 2.70. The Labute approximate surface area is 89.5 Å². The molecule has 1 rings (SSSR count). The fraction of sp³-hybridized carbons (Fsp3) is 0.455. The SMILES string of the molecule is CC(C)(C)CNc1cccc([N+](=O)[O-])c1. The van der Waals surface area contributed by atoms with Gasteiger partial charge in [-0.2, -0.15) is 0 Å². The van der Waals surface area contributed by atoms with Gasteiger partial charge in [0, 0.05) is 24.4 Å². The first-order chi connectivity index (χ1) is 6.88. The van der Waals surface area contributed by atoms with Crippen molar-refractivity contribution >= 4 is 11.4 Å². The van der Waals surface area contributed by atoms with Crippen molar-refractivity contribution in [2.24, 2.45) is 5.41 Å². The van der Waals surface area contributed by atoms with E-state index in [2.05, 4.69) is 26.1 Å².